The second-order valence-corrected chi connectivity index (χ2v) is 8.90. The van der Waals surface area contributed by atoms with Crippen molar-refractivity contribution in [2.45, 2.75) is 30.3 Å². The van der Waals surface area contributed by atoms with Gasteiger partial charge in [0.05, 0.1) is 24.7 Å². The van der Waals surface area contributed by atoms with E-state index in [0.29, 0.717) is 24.2 Å². The van der Waals surface area contributed by atoms with Gasteiger partial charge in [0.1, 0.15) is 6.04 Å². The summed E-state index contributed by atoms with van der Waals surface area (Å²) in [6, 6.07) is 9.67. The first-order chi connectivity index (χ1) is 14.8. The number of nitrogens with one attached hydrogen (secondary N) is 1. The predicted octanol–water partition coefficient (Wildman–Crippen LogP) is 1.87. The van der Waals surface area contributed by atoms with Crippen molar-refractivity contribution in [2.75, 3.05) is 20.8 Å². The molecule has 1 aliphatic heterocycles. The zero-order chi connectivity index (χ0) is 22.6. The number of rotatable bonds is 8. The molecule has 0 aliphatic carbocycles. The predicted molar refractivity (Wildman–Crippen MR) is 112 cm³/mol. The second kappa shape index (κ2) is 9.36. The molecule has 0 bridgehead atoms. The van der Waals surface area contributed by atoms with Crippen LogP contribution in [0.25, 0.3) is 0 Å². The zero-order valence-electron chi connectivity index (χ0n) is 17.2. The number of aromatic carboxylic acids is 1. The van der Waals surface area contributed by atoms with Gasteiger partial charge in [0.25, 0.3) is 0 Å². The molecule has 1 unspecified atom stereocenters. The fraction of sp³-hybridized carbons (Fsp3) is 0.333. The second-order valence-electron chi connectivity index (χ2n) is 7.01. The van der Waals surface area contributed by atoms with Crippen molar-refractivity contribution >= 4 is 21.9 Å². The van der Waals surface area contributed by atoms with E-state index in [2.05, 4.69) is 5.32 Å². The summed E-state index contributed by atoms with van der Waals surface area (Å²) in [5.41, 5.74) is 0.728. The molecule has 1 aliphatic rings. The lowest BCUT2D eigenvalue weighted by Gasteiger charge is -2.24. The van der Waals surface area contributed by atoms with Crippen LogP contribution in [0.15, 0.2) is 47.4 Å². The van der Waals surface area contributed by atoms with Gasteiger partial charge < -0.3 is 19.9 Å². The van der Waals surface area contributed by atoms with Crippen LogP contribution in [0.5, 0.6) is 11.5 Å². The van der Waals surface area contributed by atoms with E-state index in [1.165, 1.54) is 48.9 Å². The molecule has 1 amide bonds. The van der Waals surface area contributed by atoms with E-state index in [9.17, 15) is 18.0 Å². The minimum absolute atomic E-state index is 0.0130. The maximum absolute atomic E-state index is 13.2. The smallest absolute Gasteiger partial charge is 0.335 e. The number of carboxylic acids is 1. The van der Waals surface area contributed by atoms with Crippen LogP contribution in [-0.4, -0.2) is 56.5 Å². The third kappa shape index (κ3) is 4.80. The lowest BCUT2D eigenvalue weighted by atomic mass is 10.1. The van der Waals surface area contributed by atoms with Crippen LogP contribution in [0.2, 0.25) is 0 Å². The number of methoxy groups -OCH3 is 2. The van der Waals surface area contributed by atoms with E-state index in [4.69, 9.17) is 14.6 Å². The van der Waals surface area contributed by atoms with E-state index in [1.807, 2.05) is 0 Å². The van der Waals surface area contributed by atoms with Crippen molar-refractivity contribution in [1.29, 1.82) is 0 Å². The Balaban J connectivity index is 1.76. The summed E-state index contributed by atoms with van der Waals surface area (Å²) in [6.45, 7) is 0.323. The Morgan fingerprint density at radius 3 is 2.55 bits per heavy atom. The summed E-state index contributed by atoms with van der Waals surface area (Å²) in [7, 11) is -1.06. The molecule has 1 saturated heterocycles. The summed E-state index contributed by atoms with van der Waals surface area (Å²) in [5.74, 6) is -0.804. The molecule has 1 heterocycles. The first-order valence-electron chi connectivity index (χ1n) is 9.61. The number of carboxylic acid groups (broad SMARTS) is 1. The number of hydrogen-bond donors (Lipinski definition) is 2. The number of carbonyl (C=O) groups excluding carboxylic acids is 1. The van der Waals surface area contributed by atoms with E-state index in [0.717, 1.165) is 0 Å². The number of hydrogen-bond acceptors (Lipinski definition) is 6. The molecule has 0 aromatic heterocycles. The highest BCUT2D eigenvalue weighted by atomic mass is 32.2. The summed E-state index contributed by atoms with van der Waals surface area (Å²) in [4.78, 5) is 23.9. The molecule has 9 nitrogen and oxygen atoms in total. The number of nitrogens with zero attached hydrogens (tertiary/aromatic N) is 1. The zero-order valence-corrected chi connectivity index (χ0v) is 18.0. The molecule has 0 spiro atoms. The first kappa shape index (κ1) is 22.6. The van der Waals surface area contributed by atoms with Crippen molar-refractivity contribution in [3.8, 4) is 11.5 Å². The van der Waals surface area contributed by atoms with Gasteiger partial charge in [-0.3, -0.25) is 4.79 Å². The van der Waals surface area contributed by atoms with Gasteiger partial charge in [-0.15, -0.1) is 0 Å². The SMILES string of the molecule is COc1ccc(S(=O)(=O)N2CCCC2C(=O)NCc2cccc(C(=O)O)c2)cc1OC. The lowest BCUT2D eigenvalue weighted by Crippen LogP contribution is -2.45. The fourth-order valence-electron chi connectivity index (χ4n) is 3.52. The van der Waals surface area contributed by atoms with Crippen LogP contribution in [0, 0.1) is 0 Å². The van der Waals surface area contributed by atoms with Gasteiger partial charge in [0, 0.05) is 19.2 Å². The van der Waals surface area contributed by atoms with Gasteiger partial charge in [-0.25, -0.2) is 13.2 Å². The first-order valence-corrected chi connectivity index (χ1v) is 11.1. The van der Waals surface area contributed by atoms with E-state index in [1.54, 1.807) is 12.1 Å². The van der Waals surface area contributed by atoms with E-state index < -0.39 is 27.9 Å². The average Bonchev–Trinajstić information content (AvgIpc) is 3.28. The maximum atomic E-state index is 13.2. The molecule has 0 saturated carbocycles. The highest BCUT2D eigenvalue weighted by Gasteiger charge is 2.39. The lowest BCUT2D eigenvalue weighted by molar-refractivity contribution is -0.124. The molecule has 10 heteroatoms. The number of amides is 1. The van der Waals surface area contributed by atoms with Gasteiger partial charge in [0.15, 0.2) is 11.5 Å². The van der Waals surface area contributed by atoms with Crippen LogP contribution in [0.3, 0.4) is 0 Å². The fourth-order valence-corrected chi connectivity index (χ4v) is 5.20. The normalized spacial score (nSPS) is 16.6. The van der Waals surface area contributed by atoms with E-state index >= 15 is 0 Å². The van der Waals surface area contributed by atoms with Crippen LogP contribution in [-0.2, 0) is 21.4 Å². The van der Waals surface area contributed by atoms with Crippen LogP contribution < -0.4 is 14.8 Å². The Morgan fingerprint density at radius 1 is 1.13 bits per heavy atom. The number of benzene rings is 2. The van der Waals surface area contributed by atoms with Gasteiger partial charge in [-0.05, 0) is 42.7 Å². The monoisotopic (exact) mass is 448 g/mol. The van der Waals surface area contributed by atoms with Gasteiger partial charge in [0.2, 0.25) is 15.9 Å². The molecule has 2 aromatic rings. The summed E-state index contributed by atoms with van der Waals surface area (Å²) < 4.78 is 37.9. The molecule has 2 aromatic carbocycles. The molecule has 166 valence electrons. The molecule has 1 atom stereocenters. The summed E-state index contributed by atoms with van der Waals surface area (Å²) >= 11 is 0. The van der Waals surface area contributed by atoms with Crippen molar-refractivity contribution in [3.05, 3.63) is 53.6 Å². The van der Waals surface area contributed by atoms with E-state index in [-0.39, 0.29) is 29.3 Å². The largest absolute Gasteiger partial charge is 0.493 e. The number of sulfonamides is 1. The minimum Gasteiger partial charge on any atom is -0.493 e. The third-order valence-electron chi connectivity index (χ3n) is 5.11. The Hall–Kier alpha value is -3.11. The van der Waals surface area contributed by atoms with Crippen molar-refractivity contribution in [1.82, 2.24) is 9.62 Å². The molecule has 0 radical (unpaired) electrons. The third-order valence-corrected chi connectivity index (χ3v) is 7.01. The van der Waals surface area contributed by atoms with Gasteiger partial charge in [-0.2, -0.15) is 4.31 Å². The standard InChI is InChI=1S/C21H24N2O7S/c1-29-18-9-8-16(12-19(18)30-2)31(27,28)23-10-4-7-17(23)20(24)22-13-14-5-3-6-15(11-14)21(25)26/h3,5-6,8-9,11-12,17H,4,7,10,13H2,1-2H3,(H,22,24)(H,25,26). The van der Waals surface area contributed by atoms with Crippen molar-refractivity contribution in [3.63, 3.8) is 0 Å². The van der Waals surface area contributed by atoms with Crippen molar-refractivity contribution in [2.24, 2.45) is 0 Å². The number of carbonyl (C=O) groups is 2. The Bertz CT molecular complexity index is 1080. The van der Waals surface area contributed by atoms with Gasteiger partial charge in [-0.1, -0.05) is 12.1 Å². The number of ether oxygens (including phenoxy) is 2. The van der Waals surface area contributed by atoms with Crippen LogP contribution >= 0.6 is 0 Å². The van der Waals surface area contributed by atoms with Crippen LogP contribution in [0.1, 0.15) is 28.8 Å². The molecular formula is C21H24N2O7S. The Kier molecular flexibility index (Phi) is 6.81. The Morgan fingerprint density at radius 2 is 1.87 bits per heavy atom. The average molecular weight is 448 g/mol. The maximum Gasteiger partial charge on any atom is 0.335 e. The summed E-state index contributed by atoms with van der Waals surface area (Å²) in [6.07, 6.45) is 0.951. The molecule has 3 rings (SSSR count). The van der Waals surface area contributed by atoms with Gasteiger partial charge >= 0.3 is 5.97 Å². The highest BCUT2D eigenvalue weighted by molar-refractivity contribution is 7.89. The molecule has 31 heavy (non-hydrogen) atoms. The summed E-state index contributed by atoms with van der Waals surface area (Å²) in [5, 5.41) is 11.8. The van der Waals surface area contributed by atoms with Crippen LogP contribution in [0.4, 0.5) is 0 Å². The molecule has 1 fully saturated rings. The topological polar surface area (TPSA) is 122 Å². The molecular weight excluding hydrogens is 424 g/mol. The quantitative estimate of drug-likeness (QED) is 0.632. The molecule has 2 N–H and O–H groups in total. The Labute approximate surface area is 180 Å². The minimum atomic E-state index is -3.93. The van der Waals surface area contributed by atoms with Crippen molar-refractivity contribution < 1.29 is 32.6 Å². The highest BCUT2D eigenvalue weighted by Crippen LogP contribution is 2.33.